The number of rotatable bonds is 5. The number of hydrogen-bond donors (Lipinski definition) is 2. The van der Waals surface area contributed by atoms with Crippen molar-refractivity contribution in [2.24, 2.45) is 0 Å². The quantitative estimate of drug-likeness (QED) is 0.612. The molecule has 0 bridgehead atoms. The highest BCUT2D eigenvalue weighted by molar-refractivity contribution is 6.34. The summed E-state index contributed by atoms with van der Waals surface area (Å²) in [6.45, 7) is 2.07. The maximum absolute atomic E-state index is 12.7. The summed E-state index contributed by atoms with van der Waals surface area (Å²) in [6, 6.07) is 14.3. The first-order valence-electron chi connectivity index (χ1n) is 7.99. The number of carbonyl (C=O) groups is 1. The molecule has 0 radical (unpaired) electrons. The molecular formula is C19H17Cl2N3O. The predicted molar refractivity (Wildman–Crippen MR) is 102 cm³/mol. The fourth-order valence-electron chi connectivity index (χ4n) is 2.59. The molecule has 0 saturated heterocycles. The van der Waals surface area contributed by atoms with Crippen LogP contribution in [0.25, 0.3) is 11.3 Å². The number of H-pyrrole nitrogens is 1. The number of aromatic amines is 1. The lowest BCUT2D eigenvalue weighted by Gasteiger charge is -2.09. The highest BCUT2D eigenvalue weighted by Crippen LogP contribution is 2.31. The summed E-state index contributed by atoms with van der Waals surface area (Å²) in [4.78, 5) is 12.7. The Morgan fingerprint density at radius 3 is 2.52 bits per heavy atom. The molecule has 25 heavy (non-hydrogen) atoms. The van der Waals surface area contributed by atoms with Gasteiger partial charge in [0.1, 0.15) is 5.69 Å². The van der Waals surface area contributed by atoms with Gasteiger partial charge in [-0.3, -0.25) is 9.89 Å². The van der Waals surface area contributed by atoms with Crippen LogP contribution in [0.5, 0.6) is 0 Å². The number of nitrogens with one attached hydrogen (secondary N) is 2. The van der Waals surface area contributed by atoms with Crippen LogP contribution in [0, 0.1) is 0 Å². The van der Waals surface area contributed by atoms with E-state index in [0.29, 0.717) is 27.0 Å². The molecule has 0 aliphatic heterocycles. The minimum atomic E-state index is -0.264. The van der Waals surface area contributed by atoms with Crippen molar-refractivity contribution >= 4 is 34.8 Å². The number of amides is 1. The van der Waals surface area contributed by atoms with Crippen molar-refractivity contribution < 1.29 is 4.79 Å². The first kappa shape index (κ1) is 17.5. The van der Waals surface area contributed by atoms with Crippen LogP contribution < -0.4 is 5.32 Å². The molecule has 3 rings (SSSR count). The lowest BCUT2D eigenvalue weighted by Crippen LogP contribution is -2.14. The van der Waals surface area contributed by atoms with Crippen molar-refractivity contribution in [1.82, 2.24) is 10.2 Å². The fraction of sp³-hybridized carbons (Fsp3) is 0.158. The zero-order chi connectivity index (χ0) is 17.8. The summed E-state index contributed by atoms with van der Waals surface area (Å²) in [5, 5.41) is 11.4. The second-order valence-electron chi connectivity index (χ2n) is 5.62. The zero-order valence-corrected chi connectivity index (χ0v) is 15.2. The molecule has 0 atom stereocenters. The van der Waals surface area contributed by atoms with Gasteiger partial charge in [-0.2, -0.15) is 5.10 Å². The van der Waals surface area contributed by atoms with Gasteiger partial charge in [0.15, 0.2) is 0 Å². The van der Waals surface area contributed by atoms with Gasteiger partial charge in [-0.1, -0.05) is 60.8 Å². The molecule has 4 nitrogen and oxygen atoms in total. The highest BCUT2D eigenvalue weighted by Gasteiger charge is 2.18. The Kier molecular flexibility index (Phi) is 5.41. The summed E-state index contributed by atoms with van der Waals surface area (Å²) < 4.78 is 0. The van der Waals surface area contributed by atoms with E-state index < -0.39 is 0 Å². The fourth-order valence-corrected chi connectivity index (χ4v) is 2.93. The third kappa shape index (κ3) is 3.86. The molecule has 0 aliphatic carbocycles. The van der Waals surface area contributed by atoms with E-state index in [4.69, 9.17) is 23.2 Å². The Morgan fingerprint density at radius 2 is 1.84 bits per heavy atom. The minimum absolute atomic E-state index is 0.264. The SMILES string of the molecule is CCCc1[nH]nc(-c2ccc(Cl)cc2)c1NC(=O)c1ccccc1Cl. The van der Waals surface area contributed by atoms with Crippen molar-refractivity contribution in [3.05, 3.63) is 69.8 Å². The van der Waals surface area contributed by atoms with Gasteiger partial charge < -0.3 is 5.32 Å². The molecule has 0 aliphatic rings. The number of carbonyl (C=O) groups excluding carboxylic acids is 1. The van der Waals surface area contributed by atoms with Crippen molar-refractivity contribution in [2.45, 2.75) is 19.8 Å². The van der Waals surface area contributed by atoms with Gasteiger partial charge in [0, 0.05) is 10.6 Å². The van der Waals surface area contributed by atoms with Gasteiger partial charge >= 0.3 is 0 Å². The number of benzene rings is 2. The monoisotopic (exact) mass is 373 g/mol. The molecule has 1 amide bonds. The lowest BCUT2D eigenvalue weighted by atomic mass is 10.1. The van der Waals surface area contributed by atoms with E-state index in [1.54, 1.807) is 36.4 Å². The number of aryl methyl sites for hydroxylation is 1. The summed E-state index contributed by atoms with van der Waals surface area (Å²) >= 11 is 12.1. The Balaban J connectivity index is 1.98. The first-order valence-corrected chi connectivity index (χ1v) is 8.74. The van der Waals surface area contributed by atoms with Crippen LogP contribution >= 0.6 is 23.2 Å². The molecule has 0 spiro atoms. The van der Waals surface area contributed by atoms with Crippen molar-refractivity contribution in [2.75, 3.05) is 5.32 Å². The molecule has 0 fully saturated rings. The van der Waals surface area contributed by atoms with Crippen molar-refractivity contribution in [1.29, 1.82) is 0 Å². The van der Waals surface area contributed by atoms with E-state index >= 15 is 0 Å². The third-order valence-electron chi connectivity index (χ3n) is 3.82. The van der Waals surface area contributed by atoms with E-state index in [0.717, 1.165) is 24.1 Å². The largest absolute Gasteiger partial charge is 0.318 e. The van der Waals surface area contributed by atoms with Gasteiger partial charge in [-0.15, -0.1) is 0 Å². The van der Waals surface area contributed by atoms with E-state index in [-0.39, 0.29) is 5.91 Å². The first-order chi connectivity index (χ1) is 12.1. The molecule has 6 heteroatoms. The molecular weight excluding hydrogens is 357 g/mol. The average Bonchev–Trinajstić information content (AvgIpc) is 2.99. The summed E-state index contributed by atoms with van der Waals surface area (Å²) in [6.07, 6.45) is 1.70. The van der Waals surface area contributed by atoms with Crippen LogP contribution in [-0.2, 0) is 6.42 Å². The van der Waals surface area contributed by atoms with Crippen LogP contribution in [0.2, 0.25) is 10.0 Å². The minimum Gasteiger partial charge on any atom is -0.318 e. The van der Waals surface area contributed by atoms with Gasteiger partial charge in [-0.05, 0) is 30.7 Å². The number of anilines is 1. The standard InChI is InChI=1S/C19H17Cl2N3O/c1-2-5-16-18(22-19(25)14-6-3-4-7-15(14)21)17(24-23-16)12-8-10-13(20)11-9-12/h3-4,6-11H,2,5H2,1H3,(H,22,25)(H,23,24). The van der Waals surface area contributed by atoms with Gasteiger partial charge in [0.05, 0.1) is 22.0 Å². The van der Waals surface area contributed by atoms with Crippen molar-refractivity contribution in [3.8, 4) is 11.3 Å². The Hall–Kier alpha value is -2.30. The zero-order valence-electron chi connectivity index (χ0n) is 13.6. The molecule has 0 saturated carbocycles. The maximum atomic E-state index is 12.7. The predicted octanol–water partition coefficient (Wildman–Crippen LogP) is 5.59. The van der Waals surface area contributed by atoms with E-state index in [1.165, 1.54) is 0 Å². The van der Waals surface area contributed by atoms with Crippen LogP contribution in [0.15, 0.2) is 48.5 Å². The van der Waals surface area contributed by atoms with Crippen LogP contribution in [0.3, 0.4) is 0 Å². The molecule has 3 aromatic rings. The highest BCUT2D eigenvalue weighted by atomic mass is 35.5. The Labute approximate surface area is 156 Å². The van der Waals surface area contributed by atoms with Gasteiger partial charge in [0.2, 0.25) is 0 Å². The second-order valence-corrected chi connectivity index (χ2v) is 6.46. The number of nitrogens with zero attached hydrogens (tertiary/aromatic N) is 1. The maximum Gasteiger partial charge on any atom is 0.257 e. The molecule has 2 aromatic carbocycles. The molecule has 128 valence electrons. The Bertz CT molecular complexity index is 888. The summed E-state index contributed by atoms with van der Waals surface area (Å²) in [5.41, 5.74) is 3.54. The van der Waals surface area contributed by atoms with Crippen molar-refractivity contribution in [3.63, 3.8) is 0 Å². The third-order valence-corrected chi connectivity index (χ3v) is 4.40. The Morgan fingerprint density at radius 1 is 1.12 bits per heavy atom. The molecule has 1 aromatic heterocycles. The number of hydrogen-bond acceptors (Lipinski definition) is 2. The van der Waals surface area contributed by atoms with E-state index in [1.807, 2.05) is 12.1 Å². The van der Waals surface area contributed by atoms with E-state index in [9.17, 15) is 4.79 Å². The van der Waals surface area contributed by atoms with E-state index in [2.05, 4.69) is 22.4 Å². The van der Waals surface area contributed by atoms with Gasteiger partial charge in [-0.25, -0.2) is 0 Å². The summed E-state index contributed by atoms with van der Waals surface area (Å²) in [5.74, 6) is -0.264. The molecule has 0 unspecified atom stereocenters. The van der Waals surface area contributed by atoms with Crippen LogP contribution in [0.1, 0.15) is 29.4 Å². The summed E-state index contributed by atoms with van der Waals surface area (Å²) in [7, 11) is 0. The smallest absolute Gasteiger partial charge is 0.257 e. The van der Waals surface area contributed by atoms with Crippen LogP contribution in [0.4, 0.5) is 5.69 Å². The topological polar surface area (TPSA) is 57.8 Å². The number of aromatic nitrogens is 2. The number of halogens is 2. The average molecular weight is 374 g/mol. The van der Waals surface area contributed by atoms with Crippen LogP contribution in [-0.4, -0.2) is 16.1 Å². The molecule has 2 N–H and O–H groups in total. The normalized spacial score (nSPS) is 10.7. The lowest BCUT2D eigenvalue weighted by molar-refractivity contribution is 0.102. The molecule has 1 heterocycles. The van der Waals surface area contributed by atoms with Gasteiger partial charge in [0.25, 0.3) is 5.91 Å². The second kappa shape index (κ2) is 7.72.